The number of carbonyl (C=O) groups is 1. The average molecular weight is 455 g/mol. The maximum Gasteiger partial charge on any atom is 0.416 e. The number of carbonyl (C=O) groups excluding carboxylic acids is 1. The molecule has 4 aromatic rings. The molecule has 5 rings (SSSR count). The number of aromatic nitrogens is 3. The molecule has 0 saturated heterocycles. The van der Waals surface area contributed by atoms with E-state index in [-0.39, 0.29) is 12.5 Å². The van der Waals surface area contributed by atoms with Crippen LogP contribution in [0, 0.1) is 0 Å². The molecule has 0 spiro atoms. The molecule has 0 radical (unpaired) electrons. The Morgan fingerprint density at radius 3 is 2.82 bits per heavy atom. The third-order valence-corrected chi connectivity index (χ3v) is 6.03. The Morgan fingerprint density at radius 2 is 2.03 bits per heavy atom. The Balaban J connectivity index is 1.52. The van der Waals surface area contributed by atoms with Crippen LogP contribution in [0.5, 0.6) is 0 Å². The van der Waals surface area contributed by atoms with Crippen LogP contribution >= 0.6 is 0 Å². The van der Waals surface area contributed by atoms with Gasteiger partial charge in [-0.1, -0.05) is 6.07 Å². The van der Waals surface area contributed by atoms with Crippen molar-refractivity contribution in [2.24, 2.45) is 0 Å². The molecule has 1 atom stereocenters. The summed E-state index contributed by atoms with van der Waals surface area (Å²) in [6, 6.07) is 8.28. The molecule has 3 heterocycles. The maximum atomic E-state index is 13.4. The van der Waals surface area contributed by atoms with E-state index < -0.39 is 17.8 Å². The van der Waals surface area contributed by atoms with Crippen LogP contribution < -0.4 is 5.73 Å². The van der Waals surface area contributed by atoms with Gasteiger partial charge in [-0.15, -0.1) is 0 Å². The van der Waals surface area contributed by atoms with Gasteiger partial charge >= 0.3 is 6.18 Å². The van der Waals surface area contributed by atoms with Crippen molar-refractivity contribution in [1.82, 2.24) is 19.3 Å². The Hall–Kier alpha value is -3.66. The van der Waals surface area contributed by atoms with Crippen molar-refractivity contribution >= 4 is 28.3 Å². The van der Waals surface area contributed by atoms with Gasteiger partial charge in [0.15, 0.2) is 0 Å². The molecular formula is C23H20F3N5O2. The second-order valence-corrected chi connectivity index (χ2v) is 8.03. The first-order valence-electron chi connectivity index (χ1n) is 10.3. The molecule has 170 valence electrons. The summed E-state index contributed by atoms with van der Waals surface area (Å²) in [5, 5.41) is 0. The van der Waals surface area contributed by atoms with Crippen LogP contribution in [0.1, 0.15) is 39.5 Å². The Morgan fingerprint density at radius 1 is 1.21 bits per heavy atom. The highest BCUT2D eigenvalue weighted by atomic mass is 19.4. The van der Waals surface area contributed by atoms with Crippen molar-refractivity contribution in [3.8, 4) is 0 Å². The molecule has 0 aliphatic carbocycles. The zero-order valence-corrected chi connectivity index (χ0v) is 17.6. The molecule has 0 bridgehead atoms. The van der Waals surface area contributed by atoms with Gasteiger partial charge in [0.2, 0.25) is 0 Å². The lowest BCUT2D eigenvalue weighted by Crippen LogP contribution is -2.32. The van der Waals surface area contributed by atoms with E-state index in [2.05, 4.69) is 9.97 Å². The van der Waals surface area contributed by atoms with Crippen molar-refractivity contribution in [2.45, 2.75) is 25.2 Å². The SMILES string of the molecule is CN(C(=O)c1ccc2nc(N)c3cncn3c2c1)[C@@H]1CCOCc2cc(C(F)(F)F)ccc21. The number of hydrogen-bond donors (Lipinski definition) is 1. The Kier molecular flexibility index (Phi) is 4.97. The second kappa shape index (κ2) is 7.73. The predicted molar refractivity (Wildman–Crippen MR) is 115 cm³/mol. The van der Waals surface area contributed by atoms with E-state index in [0.717, 1.165) is 12.1 Å². The zero-order valence-electron chi connectivity index (χ0n) is 17.6. The van der Waals surface area contributed by atoms with Crippen LogP contribution in [0.25, 0.3) is 16.6 Å². The third kappa shape index (κ3) is 3.66. The first-order valence-corrected chi connectivity index (χ1v) is 10.3. The van der Waals surface area contributed by atoms with Gasteiger partial charge in [0, 0.05) is 19.2 Å². The van der Waals surface area contributed by atoms with Gasteiger partial charge in [0.1, 0.15) is 11.3 Å². The van der Waals surface area contributed by atoms with Gasteiger partial charge in [-0.3, -0.25) is 9.20 Å². The number of nitrogen functional groups attached to an aromatic ring is 1. The van der Waals surface area contributed by atoms with Gasteiger partial charge in [-0.05, 0) is 47.9 Å². The number of amides is 1. The standard InChI is InChI=1S/C23H20F3N5O2/c1-30(18-6-7-33-11-14-8-15(23(24,25)26)3-4-16(14)18)22(32)13-2-5-17-19(9-13)31-12-28-10-20(31)21(27)29-17/h2-5,8-10,12,18H,6-7,11H2,1H3,(H2,27,29)/t18-/m1/s1. The molecule has 0 unspecified atom stereocenters. The fourth-order valence-corrected chi connectivity index (χ4v) is 4.32. The van der Waals surface area contributed by atoms with Crippen molar-refractivity contribution in [1.29, 1.82) is 0 Å². The molecule has 1 amide bonds. The monoisotopic (exact) mass is 455 g/mol. The summed E-state index contributed by atoms with van der Waals surface area (Å²) in [5.41, 5.74) is 8.69. The number of imidazole rings is 1. The van der Waals surface area contributed by atoms with E-state index in [4.69, 9.17) is 10.5 Å². The average Bonchev–Trinajstić information content (AvgIpc) is 3.19. The summed E-state index contributed by atoms with van der Waals surface area (Å²) in [5.74, 6) is 0.0734. The summed E-state index contributed by atoms with van der Waals surface area (Å²) in [6.45, 7) is 0.397. The molecule has 10 heteroatoms. The molecule has 0 fully saturated rings. The number of ether oxygens (including phenoxy) is 1. The minimum Gasteiger partial charge on any atom is -0.382 e. The lowest BCUT2D eigenvalue weighted by atomic mass is 9.95. The predicted octanol–water partition coefficient (Wildman–Crippen LogP) is 4.22. The van der Waals surface area contributed by atoms with E-state index in [1.165, 1.54) is 6.07 Å². The van der Waals surface area contributed by atoms with Gasteiger partial charge in [0.25, 0.3) is 5.91 Å². The number of nitrogens with two attached hydrogens (primary N) is 1. The Labute approximate surface area is 186 Å². The molecule has 7 nitrogen and oxygen atoms in total. The van der Waals surface area contributed by atoms with Crippen molar-refractivity contribution in [2.75, 3.05) is 19.4 Å². The van der Waals surface area contributed by atoms with Gasteiger partial charge in [-0.2, -0.15) is 13.2 Å². The van der Waals surface area contributed by atoms with E-state index in [0.29, 0.717) is 52.1 Å². The maximum absolute atomic E-state index is 13.4. The molecular weight excluding hydrogens is 435 g/mol. The second-order valence-electron chi connectivity index (χ2n) is 8.03. The van der Waals surface area contributed by atoms with Crippen LogP contribution in [0.3, 0.4) is 0 Å². The van der Waals surface area contributed by atoms with E-state index >= 15 is 0 Å². The van der Waals surface area contributed by atoms with Crippen LogP contribution in [-0.2, 0) is 17.5 Å². The number of rotatable bonds is 2. The van der Waals surface area contributed by atoms with Crippen molar-refractivity contribution in [3.63, 3.8) is 0 Å². The number of anilines is 1. The molecule has 2 aromatic heterocycles. The van der Waals surface area contributed by atoms with Crippen molar-refractivity contribution in [3.05, 3.63) is 71.2 Å². The number of alkyl halides is 3. The summed E-state index contributed by atoms with van der Waals surface area (Å²) in [6.07, 6.45) is -0.775. The third-order valence-electron chi connectivity index (χ3n) is 6.03. The zero-order chi connectivity index (χ0) is 23.3. The summed E-state index contributed by atoms with van der Waals surface area (Å²) >= 11 is 0. The van der Waals surface area contributed by atoms with E-state index in [1.807, 2.05) is 0 Å². The summed E-state index contributed by atoms with van der Waals surface area (Å²) in [7, 11) is 1.65. The fourth-order valence-electron chi connectivity index (χ4n) is 4.32. The smallest absolute Gasteiger partial charge is 0.382 e. The van der Waals surface area contributed by atoms with Gasteiger partial charge in [0.05, 0.1) is 41.8 Å². The molecule has 2 aromatic carbocycles. The summed E-state index contributed by atoms with van der Waals surface area (Å²) in [4.78, 5) is 23.4. The summed E-state index contributed by atoms with van der Waals surface area (Å²) < 4.78 is 46.8. The minimum absolute atomic E-state index is 0.0689. The molecule has 1 aliphatic rings. The van der Waals surface area contributed by atoms with Crippen LogP contribution in [0.15, 0.2) is 48.9 Å². The van der Waals surface area contributed by atoms with Crippen LogP contribution in [-0.4, -0.2) is 38.8 Å². The highest BCUT2D eigenvalue weighted by Gasteiger charge is 2.33. The molecule has 0 saturated carbocycles. The van der Waals surface area contributed by atoms with E-state index in [9.17, 15) is 18.0 Å². The fraction of sp³-hybridized carbons (Fsp3) is 0.261. The van der Waals surface area contributed by atoms with Gasteiger partial charge < -0.3 is 15.4 Å². The molecule has 1 aliphatic heterocycles. The number of fused-ring (bicyclic) bond motifs is 4. The highest BCUT2D eigenvalue weighted by molar-refractivity contribution is 5.98. The number of hydrogen-bond acceptors (Lipinski definition) is 5. The van der Waals surface area contributed by atoms with Crippen LogP contribution in [0.4, 0.5) is 19.0 Å². The molecule has 2 N–H and O–H groups in total. The first-order chi connectivity index (χ1) is 15.7. The number of halogens is 3. The van der Waals surface area contributed by atoms with Gasteiger partial charge in [-0.25, -0.2) is 9.97 Å². The van der Waals surface area contributed by atoms with Crippen molar-refractivity contribution < 1.29 is 22.7 Å². The molecule has 33 heavy (non-hydrogen) atoms. The first kappa shape index (κ1) is 21.2. The number of benzene rings is 2. The highest BCUT2D eigenvalue weighted by Crippen LogP contribution is 2.36. The lowest BCUT2D eigenvalue weighted by molar-refractivity contribution is -0.137. The lowest BCUT2D eigenvalue weighted by Gasteiger charge is -2.29. The number of nitrogens with zero attached hydrogens (tertiary/aromatic N) is 4. The quantitative estimate of drug-likeness (QED) is 0.489. The normalized spacial score (nSPS) is 16.5. The minimum atomic E-state index is -4.44. The Bertz CT molecular complexity index is 1380. The van der Waals surface area contributed by atoms with E-state index in [1.54, 1.807) is 47.1 Å². The topological polar surface area (TPSA) is 85.8 Å². The van der Waals surface area contributed by atoms with Crippen LogP contribution in [0.2, 0.25) is 0 Å². The largest absolute Gasteiger partial charge is 0.416 e.